The third-order valence-corrected chi connectivity index (χ3v) is 7.14. The molecule has 0 bridgehead atoms. The monoisotopic (exact) mass is 610 g/mol. The van der Waals surface area contributed by atoms with Gasteiger partial charge in [-0.2, -0.15) is 6.42 Å². The molecule has 208 valence electrons. The number of benzene rings is 6. The molecule has 6 aromatic rings. The average Bonchev–Trinajstić information content (AvgIpc) is 3.01. The van der Waals surface area contributed by atoms with E-state index >= 15 is 0 Å². The van der Waals surface area contributed by atoms with E-state index in [1.165, 1.54) is 39.1 Å². The second-order valence-corrected chi connectivity index (χ2v) is 10.3. The Balaban J connectivity index is 0.000000251. The van der Waals surface area contributed by atoms with Gasteiger partial charge in [0.1, 0.15) is 0 Å². The van der Waals surface area contributed by atoms with Gasteiger partial charge in [0.05, 0.1) is 0 Å². The second-order valence-electron chi connectivity index (χ2n) is 9.41. The van der Waals surface area contributed by atoms with Crippen molar-refractivity contribution in [3.05, 3.63) is 145 Å². The van der Waals surface area contributed by atoms with E-state index in [9.17, 15) is 0 Å². The minimum Gasteiger partial charge on any atom is -0.423 e. The van der Waals surface area contributed by atoms with E-state index in [2.05, 4.69) is 121 Å². The van der Waals surface area contributed by atoms with Gasteiger partial charge in [0.15, 0.2) is 0 Å². The number of rotatable bonds is 4. The zero-order valence-electron chi connectivity index (χ0n) is 23.7. The van der Waals surface area contributed by atoms with Crippen molar-refractivity contribution in [1.82, 2.24) is 0 Å². The fraction of sp³-hybridized carbons (Fsp3) is 0.108. The number of hydrogen-bond donors (Lipinski definition) is 2. The molecule has 0 aliphatic heterocycles. The molecular formula is C37H37BBrLiO2. The van der Waals surface area contributed by atoms with Crippen molar-refractivity contribution >= 4 is 50.1 Å². The first-order valence-corrected chi connectivity index (χ1v) is 14.3. The molecule has 6 aromatic carbocycles. The van der Waals surface area contributed by atoms with Crippen LogP contribution >= 0.6 is 15.9 Å². The molecule has 0 spiro atoms. The Morgan fingerprint density at radius 2 is 0.976 bits per heavy atom. The van der Waals surface area contributed by atoms with Crippen molar-refractivity contribution in [2.45, 2.75) is 27.2 Å². The second kappa shape index (κ2) is 17.8. The minimum atomic E-state index is -1.42. The Morgan fingerprint density at radius 1 is 0.595 bits per heavy atom. The molecule has 2 N–H and O–H groups in total. The van der Waals surface area contributed by atoms with Crippen LogP contribution in [0.2, 0.25) is 0 Å². The Hall–Kier alpha value is -3.10. The van der Waals surface area contributed by atoms with E-state index < -0.39 is 7.12 Å². The van der Waals surface area contributed by atoms with Gasteiger partial charge in [-0.15, -0.1) is 0 Å². The normalized spacial score (nSPS) is 9.83. The summed E-state index contributed by atoms with van der Waals surface area (Å²) in [6, 6.07) is 45.1. The van der Waals surface area contributed by atoms with Gasteiger partial charge in [-0.3, -0.25) is 0 Å². The van der Waals surface area contributed by atoms with E-state index in [-0.39, 0.29) is 26.3 Å². The van der Waals surface area contributed by atoms with Crippen LogP contribution in [0.15, 0.2) is 138 Å². The number of halogens is 1. The number of hydrogen-bond acceptors (Lipinski definition) is 2. The molecule has 0 aliphatic rings. The summed E-state index contributed by atoms with van der Waals surface area (Å²) in [5.74, 6) is 0. The zero-order valence-corrected chi connectivity index (χ0v) is 25.3. The van der Waals surface area contributed by atoms with E-state index in [0.29, 0.717) is 5.46 Å². The Bertz CT molecular complexity index is 1640. The summed E-state index contributed by atoms with van der Waals surface area (Å²) in [5.41, 5.74) is 5.27. The van der Waals surface area contributed by atoms with Crippen molar-refractivity contribution in [3.8, 4) is 22.3 Å². The Kier molecular flexibility index (Phi) is 14.8. The molecule has 0 heterocycles. The predicted molar refractivity (Wildman–Crippen MR) is 183 cm³/mol. The zero-order chi connectivity index (χ0) is 28.3. The molecular weight excluding hydrogens is 574 g/mol. The van der Waals surface area contributed by atoms with Crippen LogP contribution in [0.1, 0.15) is 27.2 Å². The summed E-state index contributed by atoms with van der Waals surface area (Å²) in [6.07, 6.45) is 2.28. The van der Waals surface area contributed by atoms with Crippen molar-refractivity contribution < 1.29 is 28.9 Å². The smallest absolute Gasteiger partial charge is 0.423 e. The molecule has 5 heteroatoms. The fourth-order valence-electron chi connectivity index (χ4n) is 4.42. The van der Waals surface area contributed by atoms with Crippen LogP contribution in [0, 0.1) is 6.92 Å². The number of fused-ring (bicyclic) bond motifs is 2. The van der Waals surface area contributed by atoms with Gasteiger partial charge in [-0.1, -0.05) is 158 Å². The summed E-state index contributed by atoms with van der Waals surface area (Å²) in [7, 11) is -1.42. The van der Waals surface area contributed by atoms with Gasteiger partial charge >= 0.3 is 26.0 Å². The molecule has 0 aromatic heterocycles. The summed E-state index contributed by atoms with van der Waals surface area (Å²) < 4.78 is 1.11. The third kappa shape index (κ3) is 9.20. The van der Waals surface area contributed by atoms with Crippen LogP contribution in [-0.2, 0) is 0 Å². The summed E-state index contributed by atoms with van der Waals surface area (Å²) >= 11 is 3.47. The van der Waals surface area contributed by atoms with Gasteiger partial charge in [-0.05, 0) is 61.4 Å². The van der Waals surface area contributed by atoms with Crippen LogP contribution in [0.3, 0.4) is 0 Å². The molecule has 0 radical (unpaired) electrons. The first kappa shape index (κ1) is 35.1. The first-order valence-electron chi connectivity index (χ1n) is 13.5. The van der Waals surface area contributed by atoms with E-state index in [4.69, 9.17) is 10.0 Å². The van der Waals surface area contributed by atoms with Gasteiger partial charge in [0.25, 0.3) is 0 Å². The number of unbranched alkanes of at least 4 members (excludes halogenated alkanes) is 1. The molecule has 0 saturated carbocycles. The SMILES string of the molecule is Brc1ccc(-c2cccc3ccccc23)cc1.C.OB(O)c1ccc(-c2cccc3ccccc23)cc1.[CH2-]CCC.[Li+]. The van der Waals surface area contributed by atoms with Crippen molar-refractivity contribution in [2.75, 3.05) is 0 Å². The van der Waals surface area contributed by atoms with Crippen LogP contribution in [0.25, 0.3) is 43.8 Å². The summed E-state index contributed by atoms with van der Waals surface area (Å²) in [5, 5.41) is 23.2. The molecule has 0 unspecified atom stereocenters. The maximum absolute atomic E-state index is 9.11. The van der Waals surface area contributed by atoms with Crippen molar-refractivity contribution in [3.63, 3.8) is 0 Å². The van der Waals surface area contributed by atoms with Crippen LogP contribution in [-0.4, -0.2) is 17.2 Å². The first-order chi connectivity index (χ1) is 19.5. The Morgan fingerprint density at radius 3 is 1.38 bits per heavy atom. The molecule has 0 saturated heterocycles. The molecule has 0 amide bonds. The molecule has 0 atom stereocenters. The van der Waals surface area contributed by atoms with Gasteiger partial charge in [0.2, 0.25) is 0 Å². The standard InChI is InChI=1S/C16H13BO2.C16H11Br.C4H9.CH4.Li/c18-17(19)14-10-8-13(9-11-14)16-7-3-5-12-4-1-2-6-15(12)16;17-14-10-8-13(9-11-14)16-7-3-5-12-4-1-2-6-15(12)16;1-3-4-2;;/h1-11,18-19H;1-11H;1,3-4H2,2H3;1H4;/q;;-1;;+1. The molecule has 6 rings (SSSR count). The maximum Gasteiger partial charge on any atom is 1.00 e. The van der Waals surface area contributed by atoms with E-state index in [1.807, 2.05) is 30.3 Å². The Labute approximate surface area is 271 Å². The summed E-state index contributed by atoms with van der Waals surface area (Å²) in [6.45, 7) is 5.72. The van der Waals surface area contributed by atoms with Gasteiger partial charge < -0.3 is 17.0 Å². The third-order valence-electron chi connectivity index (χ3n) is 6.61. The average molecular weight is 611 g/mol. The fourth-order valence-corrected chi connectivity index (χ4v) is 4.68. The quantitative estimate of drug-likeness (QED) is 0.172. The van der Waals surface area contributed by atoms with Crippen LogP contribution in [0.5, 0.6) is 0 Å². The molecule has 42 heavy (non-hydrogen) atoms. The van der Waals surface area contributed by atoms with Gasteiger partial charge in [0, 0.05) is 4.47 Å². The molecule has 0 fully saturated rings. The van der Waals surface area contributed by atoms with E-state index in [1.54, 1.807) is 12.1 Å². The van der Waals surface area contributed by atoms with Crippen LogP contribution < -0.4 is 24.3 Å². The topological polar surface area (TPSA) is 40.5 Å². The van der Waals surface area contributed by atoms with Gasteiger partial charge in [-0.25, -0.2) is 0 Å². The predicted octanol–water partition coefficient (Wildman–Crippen LogP) is 6.72. The van der Waals surface area contributed by atoms with Crippen molar-refractivity contribution in [2.24, 2.45) is 0 Å². The maximum atomic E-state index is 9.11. The summed E-state index contributed by atoms with van der Waals surface area (Å²) in [4.78, 5) is 0. The minimum absolute atomic E-state index is 0. The largest absolute Gasteiger partial charge is 1.00 e. The van der Waals surface area contributed by atoms with Crippen LogP contribution in [0.4, 0.5) is 0 Å². The van der Waals surface area contributed by atoms with Crippen molar-refractivity contribution in [1.29, 1.82) is 0 Å². The molecule has 0 aliphatic carbocycles. The molecule has 2 nitrogen and oxygen atoms in total. The van der Waals surface area contributed by atoms with E-state index in [0.717, 1.165) is 22.0 Å².